The molecule has 0 atom stereocenters. The summed E-state index contributed by atoms with van der Waals surface area (Å²) in [5.74, 6) is -36.7. The fourth-order valence-corrected chi connectivity index (χ4v) is 7.65. The molecule has 386 valence electrons. The van der Waals surface area contributed by atoms with Gasteiger partial charge >= 0.3 is 47.7 Å². The molecule has 0 aliphatic carbocycles. The molecular formula is C54H43F13O6. The van der Waals surface area contributed by atoms with E-state index in [0.717, 1.165) is 38.6 Å². The van der Waals surface area contributed by atoms with Crippen molar-refractivity contribution >= 4 is 55.0 Å². The molecule has 0 spiro atoms. The number of ether oxygens (including phenoxy) is 4. The lowest BCUT2D eigenvalue weighted by molar-refractivity contribution is -0.440. The molecule has 19 heteroatoms. The maximum atomic E-state index is 14.2. The van der Waals surface area contributed by atoms with Crippen molar-refractivity contribution in [3.05, 3.63) is 168 Å². The number of halogens is 13. The summed E-state index contributed by atoms with van der Waals surface area (Å²) >= 11 is 0. The average Bonchev–Trinajstić information content (AvgIpc) is 3.36. The van der Waals surface area contributed by atoms with Gasteiger partial charge in [0.05, 0.1) is 13.2 Å². The second-order valence-electron chi connectivity index (χ2n) is 16.6. The third-order valence-electron chi connectivity index (χ3n) is 11.7. The van der Waals surface area contributed by atoms with Gasteiger partial charge in [0, 0.05) is 39.5 Å². The number of fused-ring (bicyclic) bond motifs is 4. The van der Waals surface area contributed by atoms with E-state index >= 15 is 0 Å². The molecule has 0 radical (unpaired) electrons. The van der Waals surface area contributed by atoms with Crippen LogP contribution in [-0.4, -0.2) is 54.3 Å². The van der Waals surface area contributed by atoms with E-state index in [2.05, 4.69) is 13.2 Å². The minimum absolute atomic E-state index is 0.179. The van der Waals surface area contributed by atoms with Gasteiger partial charge in [0.25, 0.3) is 0 Å². The molecule has 0 aliphatic rings. The Morgan fingerprint density at radius 3 is 1.22 bits per heavy atom. The first kappa shape index (κ1) is 55.2. The molecule has 0 N–H and O–H groups in total. The van der Waals surface area contributed by atoms with Crippen molar-refractivity contribution in [1.29, 1.82) is 0 Å². The Balaban J connectivity index is 0.000000264. The van der Waals surface area contributed by atoms with Crippen LogP contribution in [0, 0.1) is 0 Å². The molecule has 0 amide bonds. The van der Waals surface area contributed by atoms with E-state index in [4.69, 9.17) is 18.9 Å². The quantitative estimate of drug-likeness (QED) is 0.0280. The van der Waals surface area contributed by atoms with Crippen molar-refractivity contribution < 1.29 is 85.6 Å². The van der Waals surface area contributed by atoms with Crippen LogP contribution in [0.3, 0.4) is 0 Å². The summed E-state index contributed by atoms with van der Waals surface area (Å²) in [5, 5.41) is 5.72. The zero-order valence-electron chi connectivity index (χ0n) is 38.6. The standard InChI is InChI=1S/C29H23F13O3.C25H20O3/c1-3-16(2)23(43)45-15-22-19-10-6-4-8-17(19)21(18-9-5-7-11-20(18)22)14-44-13-12-24(30,31)25(32,33)26(34,35)27(36,37)28(38,39)29(40,41)42;1-17(2)25(26)27-16-23-19-12-6-8-14-21(19)24(22-15-9-7-13-20(22)23)28-18-10-4-3-5-11-18/h4-11H,2-3,12-15H2,1H3;3-15H,1,16H2,2H3. The zero-order chi connectivity index (χ0) is 53.7. The monoisotopic (exact) mass is 1030 g/mol. The van der Waals surface area contributed by atoms with Crippen LogP contribution in [0.15, 0.2) is 152 Å². The number of esters is 2. The van der Waals surface area contributed by atoms with Crippen LogP contribution < -0.4 is 4.74 Å². The second-order valence-corrected chi connectivity index (χ2v) is 16.6. The van der Waals surface area contributed by atoms with Gasteiger partial charge in [0.1, 0.15) is 24.7 Å². The van der Waals surface area contributed by atoms with Gasteiger partial charge in [-0.3, -0.25) is 0 Å². The highest BCUT2D eigenvalue weighted by Crippen LogP contribution is 2.60. The highest BCUT2D eigenvalue weighted by atomic mass is 19.4. The summed E-state index contributed by atoms with van der Waals surface area (Å²) in [5.41, 5.74) is 2.31. The van der Waals surface area contributed by atoms with Crippen LogP contribution in [-0.2, 0) is 43.6 Å². The van der Waals surface area contributed by atoms with Gasteiger partial charge < -0.3 is 18.9 Å². The molecule has 7 rings (SSSR count). The number of hydrogen-bond donors (Lipinski definition) is 0. The van der Waals surface area contributed by atoms with E-state index in [1.54, 1.807) is 62.4 Å². The van der Waals surface area contributed by atoms with Gasteiger partial charge in [-0.1, -0.05) is 135 Å². The molecule has 6 nitrogen and oxygen atoms in total. The Labute approximate surface area is 408 Å². The zero-order valence-corrected chi connectivity index (χ0v) is 38.6. The van der Waals surface area contributed by atoms with Crippen LogP contribution in [0.1, 0.15) is 43.4 Å². The molecule has 0 heterocycles. The number of alkyl halides is 13. The van der Waals surface area contributed by atoms with E-state index in [1.165, 1.54) is 0 Å². The summed E-state index contributed by atoms with van der Waals surface area (Å²) in [7, 11) is 0. The van der Waals surface area contributed by atoms with Crippen LogP contribution in [0.4, 0.5) is 57.1 Å². The molecule has 0 saturated carbocycles. The largest absolute Gasteiger partial charge is 0.460 e. The lowest BCUT2D eigenvalue weighted by Gasteiger charge is -2.39. The maximum absolute atomic E-state index is 14.2. The molecule has 0 saturated heterocycles. The van der Waals surface area contributed by atoms with Crippen molar-refractivity contribution in [3.8, 4) is 11.5 Å². The Morgan fingerprint density at radius 1 is 0.466 bits per heavy atom. The topological polar surface area (TPSA) is 71.1 Å². The molecule has 0 aromatic heterocycles. The minimum atomic E-state index is -7.95. The van der Waals surface area contributed by atoms with Crippen molar-refractivity contribution in [3.63, 3.8) is 0 Å². The Morgan fingerprint density at radius 2 is 0.822 bits per heavy atom. The molecule has 0 aliphatic heterocycles. The van der Waals surface area contributed by atoms with Gasteiger partial charge in [0.2, 0.25) is 0 Å². The summed E-state index contributed by atoms with van der Waals surface area (Å²) in [6, 6.07) is 38.4. The Bertz CT molecular complexity index is 3060. The van der Waals surface area contributed by atoms with Gasteiger partial charge in [0.15, 0.2) is 0 Å². The molecule has 0 bridgehead atoms. The molecule has 0 unspecified atom stereocenters. The molecule has 7 aromatic rings. The van der Waals surface area contributed by atoms with E-state index in [9.17, 15) is 66.7 Å². The number of carbonyl (C=O) groups excluding carboxylic acids is 2. The summed E-state index contributed by atoms with van der Waals surface area (Å²) in [4.78, 5) is 24.1. The van der Waals surface area contributed by atoms with Crippen LogP contribution in [0.5, 0.6) is 11.5 Å². The van der Waals surface area contributed by atoms with E-state index in [1.807, 2.05) is 78.9 Å². The summed E-state index contributed by atoms with van der Waals surface area (Å²) < 4.78 is 196. The van der Waals surface area contributed by atoms with Crippen molar-refractivity contribution in [2.75, 3.05) is 6.61 Å². The second kappa shape index (κ2) is 21.5. The van der Waals surface area contributed by atoms with E-state index < -0.39 is 67.4 Å². The molecule has 0 fully saturated rings. The molecular weight excluding hydrogens is 992 g/mol. The fourth-order valence-electron chi connectivity index (χ4n) is 7.65. The average molecular weight is 1030 g/mol. The lowest BCUT2D eigenvalue weighted by atomic mass is 9.92. The van der Waals surface area contributed by atoms with Gasteiger partial charge in [-0.25, -0.2) is 9.59 Å². The number of hydrogen-bond acceptors (Lipinski definition) is 6. The van der Waals surface area contributed by atoms with E-state index in [-0.39, 0.29) is 24.4 Å². The first-order valence-corrected chi connectivity index (χ1v) is 22.0. The third kappa shape index (κ3) is 10.8. The summed E-state index contributed by atoms with van der Waals surface area (Å²) in [6.45, 7) is 8.34. The number of carbonyl (C=O) groups is 2. The first-order valence-electron chi connectivity index (χ1n) is 22.0. The maximum Gasteiger partial charge on any atom is 0.460 e. The predicted octanol–water partition coefficient (Wildman–Crippen LogP) is 16.1. The van der Waals surface area contributed by atoms with Crippen LogP contribution in [0.2, 0.25) is 0 Å². The highest BCUT2D eigenvalue weighted by Gasteiger charge is 2.90. The van der Waals surface area contributed by atoms with Crippen molar-refractivity contribution in [2.24, 2.45) is 0 Å². The predicted molar refractivity (Wildman–Crippen MR) is 248 cm³/mol. The summed E-state index contributed by atoms with van der Waals surface area (Å²) in [6.07, 6.45) is -9.61. The normalized spacial score (nSPS) is 12.6. The van der Waals surface area contributed by atoms with Crippen LogP contribution >= 0.6 is 0 Å². The van der Waals surface area contributed by atoms with Crippen molar-refractivity contribution in [2.45, 2.75) is 82.3 Å². The number of benzene rings is 7. The van der Waals surface area contributed by atoms with E-state index in [0.29, 0.717) is 39.1 Å². The fraction of sp³-hybridized carbons (Fsp3) is 0.259. The Hall–Kier alpha value is -7.15. The Kier molecular flexibility index (Phi) is 16.3. The van der Waals surface area contributed by atoms with Gasteiger partial charge in [-0.05, 0) is 63.4 Å². The molecule has 7 aromatic carbocycles. The van der Waals surface area contributed by atoms with Gasteiger partial charge in [-0.15, -0.1) is 0 Å². The van der Waals surface area contributed by atoms with Crippen molar-refractivity contribution in [1.82, 2.24) is 0 Å². The van der Waals surface area contributed by atoms with Crippen LogP contribution in [0.25, 0.3) is 43.1 Å². The number of rotatable bonds is 18. The smallest absolute Gasteiger partial charge is 0.457 e. The third-order valence-corrected chi connectivity index (χ3v) is 11.7. The minimum Gasteiger partial charge on any atom is -0.457 e. The molecule has 73 heavy (non-hydrogen) atoms. The first-order chi connectivity index (χ1) is 34.2. The SMILES string of the molecule is C=C(C)C(=O)OCc1c2ccccc2c(Oc2ccccc2)c2ccccc12.C=C(CC)C(=O)OCc1c2ccccc2c(COCCC(F)(F)C(F)(F)C(F)(F)C(F)(F)C(F)(F)C(F)(F)F)c2ccccc12. The highest BCUT2D eigenvalue weighted by molar-refractivity contribution is 6.09. The van der Waals surface area contributed by atoms with Gasteiger partial charge in [-0.2, -0.15) is 57.1 Å². The number of para-hydroxylation sites is 1. The lowest BCUT2D eigenvalue weighted by Crippen LogP contribution is -2.70.